The average Bonchev–Trinajstić information content (AvgIpc) is 3.05. The molecule has 0 saturated heterocycles. The molecule has 4 rings (SSSR count). The van der Waals surface area contributed by atoms with Crippen molar-refractivity contribution in [3.8, 4) is 0 Å². The number of anilines is 2. The van der Waals surface area contributed by atoms with Crippen molar-refractivity contribution in [1.82, 2.24) is 0 Å². The minimum Gasteiger partial charge on any atom is -0.350 e. The highest BCUT2D eigenvalue weighted by Crippen LogP contribution is 2.35. The van der Waals surface area contributed by atoms with Crippen LogP contribution >= 0.6 is 11.6 Å². The number of hydrogen-bond donors (Lipinski definition) is 1. The lowest BCUT2D eigenvalue weighted by Crippen LogP contribution is -2.32. The van der Waals surface area contributed by atoms with Gasteiger partial charge in [-0.3, -0.25) is 9.59 Å². The lowest BCUT2D eigenvalue weighted by Gasteiger charge is -2.16. The second kappa shape index (κ2) is 9.63. The molecule has 168 valence electrons. The predicted octanol–water partition coefficient (Wildman–Crippen LogP) is 6.70. The van der Waals surface area contributed by atoms with E-state index in [1.807, 2.05) is 68.4 Å². The number of nitrogens with zero attached hydrogens (tertiary/aromatic N) is 1. The number of unbranched alkanes of at least 4 members (excludes halogenated alkanes) is 1. The number of aryl methyl sites for hydroxylation is 3. The molecule has 0 radical (unpaired) electrons. The van der Waals surface area contributed by atoms with E-state index in [2.05, 4.69) is 12.2 Å². The van der Waals surface area contributed by atoms with Crippen LogP contribution in [-0.2, 0) is 16.0 Å². The number of benzene rings is 3. The number of carbonyl (C=O) groups is 2. The van der Waals surface area contributed by atoms with Gasteiger partial charge in [0.15, 0.2) is 0 Å². The van der Waals surface area contributed by atoms with Crippen molar-refractivity contribution in [3.63, 3.8) is 0 Å². The van der Waals surface area contributed by atoms with E-state index in [1.54, 1.807) is 12.1 Å². The fourth-order valence-corrected chi connectivity index (χ4v) is 4.10. The summed E-state index contributed by atoms with van der Waals surface area (Å²) in [4.78, 5) is 28.4. The second-order valence-electron chi connectivity index (χ2n) is 8.42. The van der Waals surface area contributed by atoms with E-state index in [0.717, 1.165) is 30.4 Å². The summed E-state index contributed by atoms with van der Waals surface area (Å²) in [5.74, 6) is -0.719. The van der Waals surface area contributed by atoms with Gasteiger partial charge in [0.1, 0.15) is 5.70 Å². The Morgan fingerprint density at radius 3 is 2.24 bits per heavy atom. The largest absolute Gasteiger partial charge is 0.350 e. The van der Waals surface area contributed by atoms with Crippen LogP contribution in [0.1, 0.15) is 42.0 Å². The van der Waals surface area contributed by atoms with Gasteiger partial charge in [-0.05, 0) is 67.6 Å². The van der Waals surface area contributed by atoms with Crippen molar-refractivity contribution in [3.05, 3.63) is 99.7 Å². The van der Waals surface area contributed by atoms with E-state index in [4.69, 9.17) is 11.6 Å². The highest BCUT2D eigenvalue weighted by Gasteiger charge is 2.40. The molecule has 33 heavy (non-hydrogen) atoms. The maximum atomic E-state index is 13.6. The molecule has 1 N–H and O–H groups in total. The topological polar surface area (TPSA) is 49.4 Å². The molecule has 0 spiro atoms. The first-order valence-electron chi connectivity index (χ1n) is 11.2. The van der Waals surface area contributed by atoms with Crippen molar-refractivity contribution < 1.29 is 9.59 Å². The third kappa shape index (κ3) is 4.71. The molecule has 0 unspecified atom stereocenters. The quantitative estimate of drug-likeness (QED) is 0.401. The van der Waals surface area contributed by atoms with Gasteiger partial charge in [-0.2, -0.15) is 0 Å². The van der Waals surface area contributed by atoms with Crippen LogP contribution < -0.4 is 10.2 Å². The summed E-state index contributed by atoms with van der Waals surface area (Å²) in [6.45, 7) is 6.07. The van der Waals surface area contributed by atoms with Gasteiger partial charge in [-0.25, -0.2) is 4.90 Å². The number of hydrogen-bond acceptors (Lipinski definition) is 3. The zero-order valence-corrected chi connectivity index (χ0v) is 19.9. The molecule has 1 aliphatic rings. The van der Waals surface area contributed by atoms with Gasteiger partial charge in [0.25, 0.3) is 11.8 Å². The van der Waals surface area contributed by atoms with Crippen molar-refractivity contribution >= 4 is 40.4 Å². The third-order valence-corrected chi connectivity index (χ3v) is 6.13. The SMILES string of the molecule is CCCCc1ccc(N2C(=O)C(Nc3cc(Cl)ccc3C)=C(c3ccc(C)cc3)C2=O)cc1. The zero-order valence-electron chi connectivity index (χ0n) is 19.1. The molecule has 0 saturated carbocycles. The van der Waals surface area contributed by atoms with Crippen LogP contribution in [0.3, 0.4) is 0 Å². The molecule has 1 aliphatic heterocycles. The lowest BCUT2D eigenvalue weighted by molar-refractivity contribution is -0.120. The molecule has 0 bridgehead atoms. The Bertz CT molecular complexity index is 1230. The first-order chi connectivity index (χ1) is 15.9. The highest BCUT2D eigenvalue weighted by atomic mass is 35.5. The van der Waals surface area contributed by atoms with Gasteiger partial charge in [-0.15, -0.1) is 0 Å². The maximum absolute atomic E-state index is 13.6. The molecule has 0 atom stereocenters. The smallest absolute Gasteiger partial charge is 0.282 e. The monoisotopic (exact) mass is 458 g/mol. The Kier molecular flexibility index (Phi) is 6.66. The van der Waals surface area contributed by atoms with Gasteiger partial charge < -0.3 is 5.32 Å². The van der Waals surface area contributed by atoms with Crippen molar-refractivity contribution in [2.75, 3.05) is 10.2 Å². The van der Waals surface area contributed by atoms with Gasteiger partial charge in [0.05, 0.1) is 11.3 Å². The normalized spacial score (nSPS) is 13.8. The van der Waals surface area contributed by atoms with E-state index in [-0.39, 0.29) is 17.5 Å². The Morgan fingerprint density at radius 1 is 0.879 bits per heavy atom. The molecular formula is C28H27ClN2O2. The molecule has 5 heteroatoms. The standard InChI is InChI=1S/C28H27ClN2O2/c1-4-5-6-20-10-15-23(16-11-20)31-27(32)25(21-12-7-18(2)8-13-21)26(28(31)33)30-24-17-22(29)14-9-19(24)3/h7-17,30H,4-6H2,1-3H3. The van der Waals surface area contributed by atoms with E-state index in [0.29, 0.717) is 27.5 Å². The van der Waals surface area contributed by atoms with Gasteiger partial charge in [0.2, 0.25) is 0 Å². The lowest BCUT2D eigenvalue weighted by atomic mass is 10.0. The van der Waals surface area contributed by atoms with E-state index in [1.165, 1.54) is 10.5 Å². The maximum Gasteiger partial charge on any atom is 0.282 e. The van der Waals surface area contributed by atoms with Crippen LogP contribution in [0.25, 0.3) is 5.57 Å². The number of halogens is 1. The van der Waals surface area contributed by atoms with Crippen LogP contribution in [0, 0.1) is 13.8 Å². The first-order valence-corrected chi connectivity index (χ1v) is 11.6. The summed E-state index contributed by atoms with van der Waals surface area (Å²) in [6, 6.07) is 20.7. The molecule has 2 amide bonds. The number of nitrogens with one attached hydrogen (secondary N) is 1. The summed E-state index contributed by atoms with van der Waals surface area (Å²) >= 11 is 6.20. The van der Waals surface area contributed by atoms with Crippen LogP contribution in [0.4, 0.5) is 11.4 Å². The Hall–Kier alpha value is -3.37. The number of rotatable bonds is 7. The van der Waals surface area contributed by atoms with Gasteiger partial charge >= 0.3 is 0 Å². The fourth-order valence-electron chi connectivity index (χ4n) is 3.92. The number of amides is 2. The van der Waals surface area contributed by atoms with Crippen molar-refractivity contribution in [1.29, 1.82) is 0 Å². The average molecular weight is 459 g/mol. The minimum atomic E-state index is -0.378. The molecular weight excluding hydrogens is 432 g/mol. The summed E-state index contributed by atoms with van der Waals surface area (Å²) < 4.78 is 0. The highest BCUT2D eigenvalue weighted by molar-refractivity contribution is 6.46. The summed E-state index contributed by atoms with van der Waals surface area (Å²) in [5, 5.41) is 3.77. The molecule has 4 nitrogen and oxygen atoms in total. The second-order valence-corrected chi connectivity index (χ2v) is 8.85. The molecule has 3 aromatic carbocycles. The van der Waals surface area contributed by atoms with Crippen LogP contribution in [0.2, 0.25) is 5.02 Å². The Morgan fingerprint density at radius 2 is 1.58 bits per heavy atom. The minimum absolute atomic E-state index is 0.254. The van der Waals surface area contributed by atoms with Crippen LogP contribution in [0.5, 0.6) is 0 Å². The van der Waals surface area contributed by atoms with Crippen molar-refractivity contribution in [2.45, 2.75) is 40.0 Å². The molecule has 0 fully saturated rings. The van der Waals surface area contributed by atoms with E-state index < -0.39 is 0 Å². The molecule has 3 aromatic rings. The Balaban J connectivity index is 1.75. The molecule has 0 aromatic heterocycles. The first kappa shape index (κ1) is 22.8. The van der Waals surface area contributed by atoms with Gasteiger partial charge in [0, 0.05) is 10.7 Å². The molecule has 1 heterocycles. The predicted molar refractivity (Wildman–Crippen MR) is 135 cm³/mol. The molecule has 0 aliphatic carbocycles. The third-order valence-electron chi connectivity index (χ3n) is 5.90. The van der Waals surface area contributed by atoms with Crippen LogP contribution in [0.15, 0.2) is 72.4 Å². The number of imide groups is 1. The van der Waals surface area contributed by atoms with E-state index >= 15 is 0 Å². The van der Waals surface area contributed by atoms with Crippen LogP contribution in [-0.4, -0.2) is 11.8 Å². The summed E-state index contributed by atoms with van der Waals surface area (Å²) in [7, 11) is 0. The van der Waals surface area contributed by atoms with E-state index in [9.17, 15) is 9.59 Å². The summed E-state index contributed by atoms with van der Waals surface area (Å²) in [5.41, 5.74) is 5.76. The van der Waals surface area contributed by atoms with Gasteiger partial charge in [-0.1, -0.05) is 73.0 Å². The summed E-state index contributed by atoms with van der Waals surface area (Å²) in [6.07, 6.45) is 3.20. The van der Waals surface area contributed by atoms with Crippen molar-refractivity contribution in [2.24, 2.45) is 0 Å². The Labute approximate surface area is 199 Å². The zero-order chi connectivity index (χ0) is 23.5. The fraction of sp³-hybridized carbons (Fsp3) is 0.214. The number of carbonyl (C=O) groups excluding carboxylic acids is 2.